The molecule has 0 aliphatic heterocycles. The number of pyridine rings is 1. The van der Waals surface area contributed by atoms with E-state index in [1.165, 1.54) is 51.4 Å². The van der Waals surface area contributed by atoms with E-state index in [1.54, 1.807) is 13.1 Å². The van der Waals surface area contributed by atoms with Crippen molar-refractivity contribution in [3.05, 3.63) is 42.6 Å². The summed E-state index contributed by atoms with van der Waals surface area (Å²) >= 11 is 4.51. The van der Waals surface area contributed by atoms with Crippen molar-refractivity contribution < 1.29 is 19.0 Å². The highest BCUT2D eigenvalue weighted by molar-refractivity contribution is 8.06. The normalized spacial score (nSPS) is 12.5. The van der Waals surface area contributed by atoms with E-state index in [0.717, 1.165) is 29.9 Å². The van der Waals surface area contributed by atoms with E-state index in [1.807, 2.05) is 36.4 Å². The zero-order chi connectivity index (χ0) is 23.9. The Kier molecular flexibility index (Phi) is 13.0. The lowest BCUT2D eigenvalue weighted by Gasteiger charge is -2.17. The van der Waals surface area contributed by atoms with Gasteiger partial charge in [0.05, 0.1) is 12.7 Å². The van der Waals surface area contributed by atoms with E-state index in [9.17, 15) is 9.79 Å². The van der Waals surface area contributed by atoms with E-state index in [0.29, 0.717) is 12.4 Å². The van der Waals surface area contributed by atoms with Crippen LogP contribution in [0.3, 0.4) is 0 Å². The molecule has 1 aromatic carbocycles. The number of anilines is 1. The Morgan fingerprint density at radius 2 is 1.64 bits per heavy atom. The van der Waals surface area contributed by atoms with Crippen LogP contribution >= 0.6 is 6.72 Å². The van der Waals surface area contributed by atoms with Gasteiger partial charge in [-0.25, -0.2) is 4.98 Å². The van der Waals surface area contributed by atoms with Gasteiger partial charge in [0.2, 0.25) is 0 Å². The summed E-state index contributed by atoms with van der Waals surface area (Å²) in [6.07, 6.45) is 13.0. The van der Waals surface area contributed by atoms with Crippen molar-refractivity contribution in [1.29, 1.82) is 0 Å². The third kappa shape index (κ3) is 12.5. The number of ether oxygens (including phenoxy) is 1. The minimum Gasteiger partial charge on any atom is -0.494 e. The standard InChI is InChI=1S/C25H39N2O4PS/c1-3-4-5-6-7-8-9-10-11-17-30-24-14-12-13-22(18-24)23-15-16-26-25(19-23)27-20-21(2)31-32(28,29)33/h12-16,18-19,21H,3-11,17,20H2,1-2H3,(H,26,27)(H2,28,29,33). The first kappa shape index (κ1) is 27.7. The van der Waals surface area contributed by atoms with Gasteiger partial charge >= 0.3 is 6.72 Å². The van der Waals surface area contributed by atoms with Crippen molar-refractivity contribution in [3.8, 4) is 16.9 Å². The fraction of sp³-hybridized carbons (Fsp3) is 0.560. The predicted octanol–water partition coefficient (Wildman–Crippen LogP) is 6.68. The average Bonchev–Trinajstić information content (AvgIpc) is 2.78. The predicted molar refractivity (Wildman–Crippen MR) is 140 cm³/mol. The van der Waals surface area contributed by atoms with E-state index < -0.39 is 12.8 Å². The molecule has 2 rings (SSSR count). The lowest BCUT2D eigenvalue weighted by Crippen LogP contribution is -2.19. The van der Waals surface area contributed by atoms with Gasteiger partial charge in [0.1, 0.15) is 11.6 Å². The van der Waals surface area contributed by atoms with Crippen molar-refractivity contribution in [2.75, 3.05) is 18.5 Å². The second-order valence-corrected chi connectivity index (χ2v) is 11.0. The highest BCUT2D eigenvalue weighted by Crippen LogP contribution is 2.38. The van der Waals surface area contributed by atoms with Crippen LogP contribution in [0.5, 0.6) is 5.75 Å². The number of aromatic nitrogens is 1. The van der Waals surface area contributed by atoms with E-state index in [2.05, 4.69) is 29.0 Å². The molecule has 1 atom stereocenters. The molecule has 0 spiro atoms. The van der Waals surface area contributed by atoms with Gasteiger partial charge < -0.3 is 24.4 Å². The molecular weight excluding hydrogens is 455 g/mol. The second-order valence-electron chi connectivity index (χ2n) is 8.42. The van der Waals surface area contributed by atoms with Crippen LogP contribution in [-0.4, -0.2) is 34.0 Å². The molecule has 8 heteroatoms. The minimum atomic E-state index is -3.67. The Balaban J connectivity index is 1.76. The summed E-state index contributed by atoms with van der Waals surface area (Å²) in [5.41, 5.74) is 2.07. The molecule has 0 amide bonds. The number of nitrogens with zero attached hydrogens (tertiary/aromatic N) is 1. The van der Waals surface area contributed by atoms with Crippen LogP contribution in [0.4, 0.5) is 5.82 Å². The zero-order valence-electron chi connectivity index (χ0n) is 19.9. The fourth-order valence-corrected chi connectivity index (χ4v) is 4.58. The van der Waals surface area contributed by atoms with Crippen LogP contribution < -0.4 is 10.1 Å². The summed E-state index contributed by atoms with van der Waals surface area (Å²) in [5.74, 6) is 1.55. The maximum Gasteiger partial charge on any atom is 0.322 e. The highest BCUT2D eigenvalue weighted by atomic mass is 32.5. The zero-order valence-corrected chi connectivity index (χ0v) is 21.6. The van der Waals surface area contributed by atoms with Crippen molar-refractivity contribution in [3.63, 3.8) is 0 Å². The number of hydrogen-bond donors (Lipinski definition) is 3. The molecule has 33 heavy (non-hydrogen) atoms. The molecule has 0 bridgehead atoms. The molecule has 3 N–H and O–H groups in total. The SMILES string of the molecule is CCCCCCCCCCCOc1cccc(-c2ccnc(NCC(C)OP(O)(O)=S)c2)c1. The van der Waals surface area contributed by atoms with Crippen LogP contribution in [0.2, 0.25) is 0 Å². The van der Waals surface area contributed by atoms with Crippen molar-refractivity contribution in [2.45, 2.75) is 77.7 Å². The molecular formula is C25H39N2O4PS. The minimum absolute atomic E-state index is 0.359. The molecule has 6 nitrogen and oxygen atoms in total. The summed E-state index contributed by atoms with van der Waals surface area (Å²) in [7, 11) is 0. The smallest absolute Gasteiger partial charge is 0.322 e. The first-order chi connectivity index (χ1) is 15.9. The number of nitrogens with one attached hydrogen (secondary N) is 1. The molecule has 0 saturated carbocycles. The average molecular weight is 495 g/mol. The van der Waals surface area contributed by atoms with Crippen molar-refractivity contribution >= 4 is 24.3 Å². The molecule has 1 heterocycles. The Labute approximate surface area is 204 Å². The quantitative estimate of drug-likeness (QED) is 0.167. The third-order valence-electron chi connectivity index (χ3n) is 5.33. The molecule has 0 aliphatic rings. The molecule has 1 unspecified atom stereocenters. The van der Waals surface area contributed by atoms with Gasteiger partial charge in [0.15, 0.2) is 0 Å². The van der Waals surface area contributed by atoms with Gasteiger partial charge in [0.25, 0.3) is 0 Å². The van der Waals surface area contributed by atoms with E-state index in [4.69, 9.17) is 9.26 Å². The lowest BCUT2D eigenvalue weighted by molar-refractivity contribution is 0.193. The van der Waals surface area contributed by atoms with Crippen LogP contribution in [0, 0.1) is 0 Å². The van der Waals surface area contributed by atoms with Crippen LogP contribution in [0.25, 0.3) is 11.1 Å². The summed E-state index contributed by atoms with van der Waals surface area (Å²) < 4.78 is 11.0. The van der Waals surface area contributed by atoms with Crippen LogP contribution in [-0.2, 0) is 16.3 Å². The molecule has 1 aromatic heterocycles. The summed E-state index contributed by atoms with van der Waals surface area (Å²) in [6.45, 7) is 1.40. The number of benzene rings is 1. The second kappa shape index (κ2) is 15.4. The van der Waals surface area contributed by atoms with Gasteiger partial charge in [-0.05, 0) is 60.5 Å². The van der Waals surface area contributed by atoms with Crippen LogP contribution in [0.1, 0.15) is 71.6 Å². The van der Waals surface area contributed by atoms with Gasteiger partial charge in [-0.2, -0.15) is 0 Å². The molecule has 184 valence electrons. The van der Waals surface area contributed by atoms with Crippen LogP contribution in [0.15, 0.2) is 42.6 Å². The Hall–Kier alpha value is -1.50. The number of hydrogen-bond acceptors (Lipinski definition) is 5. The van der Waals surface area contributed by atoms with Gasteiger partial charge in [-0.1, -0.05) is 70.4 Å². The molecule has 0 radical (unpaired) electrons. The monoisotopic (exact) mass is 494 g/mol. The van der Waals surface area contributed by atoms with Gasteiger partial charge in [-0.3, -0.25) is 0 Å². The Bertz CT molecular complexity index is 862. The van der Waals surface area contributed by atoms with E-state index >= 15 is 0 Å². The highest BCUT2D eigenvalue weighted by Gasteiger charge is 2.14. The molecule has 2 aromatic rings. The first-order valence-corrected chi connectivity index (χ1v) is 14.7. The Morgan fingerprint density at radius 1 is 0.970 bits per heavy atom. The summed E-state index contributed by atoms with van der Waals surface area (Å²) in [4.78, 5) is 22.8. The van der Waals surface area contributed by atoms with Crippen molar-refractivity contribution in [1.82, 2.24) is 4.98 Å². The third-order valence-corrected chi connectivity index (χ3v) is 6.22. The van der Waals surface area contributed by atoms with E-state index in [-0.39, 0.29) is 0 Å². The summed E-state index contributed by atoms with van der Waals surface area (Å²) in [5, 5.41) is 3.15. The van der Waals surface area contributed by atoms with Gasteiger partial charge in [0, 0.05) is 12.7 Å². The topological polar surface area (TPSA) is 83.8 Å². The lowest BCUT2D eigenvalue weighted by atomic mass is 10.1. The summed E-state index contributed by atoms with van der Waals surface area (Å²) in [6, 6.07) is 12.0. The molecule has 0 aliphatic carbocycles. The van der Waals surface area contributed by atoms with Crippen molar-refractivity contribution in [2.24, 2.45) is 0 Å². The number of rotatable bonds is 17. The maximum atomic E-state index is 9.26. The molecule has 0 fully saturated rings. The number of unbranched alkanes of at least 4 members (excludes halogenated alkanes) is 8. The maximum absolute atomic E-state index is 9.26. The largest absolute Gasteiger partial charge is 0.494 e. The fourth-order valence-electron chi connectivity index (χ4n) is 3.59. The molecule has 0 saturated heterocycles. The van der Waals surface area contributed by atoms with Gasteiger partial charge in [-0.15, -0.1) is 0 Å². The Morgan fingerprint density at radius 3 is 2.33 bits per heavy atom. The first-order valence-electron chi connectivity index (χ1n) is 12.0.